The molecule has 1 unspecified atom stereocenters. The Balaban J connectivity index is 1.18. The van der Waals surface area contributed by atoms with Gasteiger partial charge in [-0.3, -0.25) is 15.0 Å². The Hall–Kier alpha value is -3.46. The van der Waals surface area contributed by atoms with Gasteiger partial charge in [0.1, 0.15) is 13.2 Å². The number of nitrogens with zero attached hydrogens (tertiary/aromatic N) is 1. The molecule has 3 aliphatic heterocycles. The number of anilines is 1. The number of hydrogen-bond donors (Lipinski definition) is 2. The lowest BCUT2D eigenvalue weighted by molar-refractivity contribution is -0.121. The Bertz CT molecular complexity index is 1040. The molecule has 0 bridgehead atoms. The molecule has 174 valence electrons. The van der Waals surface area contributed by atoms with E-state index in [4.69, 9.17) is 18.9 Å². The van der Waals surface area contributed by atoms with Crippen LogP contribution in [0.5, 0.6) is 23.0 Å². The molecule has 0 aromatic heterocycles. The van der Waals surface area contributed by atoms with Crippen LogP contribution in [0, 0.1) is 0 Å². The fraction of sp³-hybridized carbons (Fsp3) is 0.417. The van der Waals surface area contributed by atoms with Gasteiger partial charge in [0.2, 0.25) is 5.91 Å². The molecule has 9 nitrogen and oxygen atoms in total. The van der Waals surface area contributed by atoms with Crippen LogP contribution in [0.4, 0.5) is 10.5 Å². The Morgan fingerprint density at radius 3 is 2.39 bits per heavy atom. The van der Waals surface area contributed by atoms with Crippen molar-refractivity contribution in [1.82, 2.24) is 10.2 Å². The standard InChI is InChI=1S/C24H27N3O6/c28-23(26-24(29)25-17-5-7-20-22(14-17)33-12-11-32-20)15-27-8-1-3-18(27)16-4-6-19-21(13-16)31-10-2-9-30-19/h4-7,13-14,18H,1-3,8-12,15H2,(H2,25,26,28,29). The SMILES string of the molecule is O=C(CN1CCCC1c1ccc2c(c1)OCCCO2)NC(=O)Nc1ccc2c(c1)OCCO2. The molecule has 1 atom stereocenters. The van der Waals surface area contributed by atoms with Gasteiger partial charge in [-0.25, -0.2) is 4.79 Å². The second-order valence-electron chi connectivity index (χ2n) is 8.25. The van der Waals surface area contributed by atoms with Crippen molar-refractivity contribution in [1.29, 1.82) is 0 Å². The number of urea groups is 1. The first-order chi connectivity index (χ1) is 16.2. The highest BCUT2D eigenvalue weighted by atomic mass is 16.6. The molecule has 3 aliphatic rings. The van der Waals surface area contributed by atoms with Gasteiger partial charge in [-0.2, -0.15) is 0 Å². The van der Waals surface area contributed by atoms with Gasteiger partial charge in [0.05, 0.1) is 19.8 Å². The summed E-state index contributed by atoms with van der Waals surface area (Å²) in [7, 11) is 0. The van der Waals surface area contributed by atoms with Gasteiger partial charge in [-0.05, 0) is 49.2 Å². The van der Waals surface area contributed by atoms with E-state index < -0.39 is 6.03 Å². The van der Waals surface area contributed by atoms with Crippen molar-refractivity contribution in [2.24, 2.45) is 0 Å². The summed E-state index contributed by atoms with van der Waals surface area (Å²) < 4.78 is 22.5. The van der Waals surface area contributed by atoms with E-state index >= 15 is 0 Å². The van der Waals surface area contributed by atoms with E-state index in [0.29, 0.717) is 43.6 Å². The van der Waals surface area contributed by atoms with Crippen molar-refractivity contribution in [3.63, 3.8) is 0 Å². The number of ether oxygens (including phenoxy) is 4. The van der Waals surface area contributed by atoms with Crippen LogP contribution in [-0.2, 0) is 4.79 Å². The van der Waals surface area contributed by atoms with Crippen molar-refractivity contribution in [3.05, 3.63) is 42.0 Å². The van der Waals surface area contributed by atoms with Gasteiger partial charge in [-0.1, -0.05) is 6.07 Å². The normalized spacial score (nSPS) is 19.5. The van der Waals surface area contributed by atoms with Crippen LogP contribution in [0.25, 0.3) is 0 Å². The number of carbonyl (C=O) groups excluding carboxylic acids is 2. The average Bonchev–Trinajstić information content (AvgIpc) is 3.13. The van der Waals surface area contributed by atoms with Crippen molar-refractivity contribution in [2.75, 3.05) is 44.8 Å². The van der Waals surface area contributed by atoms with Gasteiger partial charge in [0, 0.05) is 24.2 Å². The summed E-state index contributed by atoms with van der Waals surface area (Å²) in [6.45, 7) is 3.16. The zero-order valence-corrected chi connectivity index (χ0v) is 18.3. The number of nitrogens with one attached hydrogen (secondary N) is 2. The largest absolute Gasteiger partial charge is 0.490 e. The molecular weight excluding hydrogens is 426 g/mol. The Labute approximate surface area is 191 Å². The van der Waals surface area contributed by atoms with Crippen LogP contribution in [0.3, 0.4) is 0 Å². The van der Waals surface area contributed by atoms with Crippen molar-refractivity contribution in [2.45, 2.75) is 25.3 Å². The zero-order chi connectivity index (χ0) is 22.6. The number of benzene rings is 2. The van der Waals surface area contributed by atoms with Gasteiger partial charge in [-0.15, -0.1) is 0 Å². The zero-order valence-electron chi connectivity index (χ0n) is 18.3. The molecule has 0 aliphatic carbocycles. The number of carbonyl (C=O) groups is 2. The third-order valence-corrected chi connectivity index (χ3v) is 5.92. The first-order valence-electron chi connectivity index (χ1n) is 11.3. The van der Waals surface area contributed by atoms with Gasteiger partial charge >= 0.3 is 6.03 Å². The molecule has 5 rings (SSSR count). The van der Waals surface area contributed by atoms with Crippen LogP contribution in [0.1, 0.15) is 30.9 Å². The number of likely N-dealkylation sites (tertiary alicyclic amines) is 1. The third-order valence-electron chi connectivity index (χ3n) is 5.92. The van der Waals surface area contributed by atoms with Crippen molar-refractivity contribution >= 4 is 17.6 Å². The lowest BCUT2D eigenvalue weighted by atomic mass is 10.0. The van der Waals surface area contributed by atoms with E-state index in [9.17, 15) is 9.59 Å². The summed E-state index contributed by atoms with van der Waals surface area (Å²) in [4.78, 5) is 27.0. The number of amides is 3. The summed E-state index contributed by atoms with van der Waals surface area (Å²) in [6.07, 6.45) is 2.78. The fourth-order valence-electron chi connectivity index (χ4n) is 4.41. The number of fused-ring (bicyclic) bond motifs is 2. The molecule has 3 heterocycles. The second kappa shape index (κ2) is 9.58. The van der Waals surface area contributed by atoms with Gasteiger partial charge < -0.3 is 24.3 Å². The molecule has 3 amide bonds. The van der Waals surface area contributed by atoms with Crippen molar-refractivity contribution in [3.8, 4) is 23.0 Å². The molecule has 0 saturated carbocycles. The predicted molar refractivity (Wildman–Crippen MR) is 120 cm³/mol. The minimum absolute atomic E-state index is 0.0914. The molecule has 0 radical (unpaired) electrons. The minimum atomic E-state index is -0.581. The minimum Gasteiger partial charge on any atom is -0.490 e. The van der Waals surface area contributed by atoms with E-state index in [-0.39, 0.29) is 18.5 Å². The maximum atomic E-state index is 12.6. The molecule has 9 heteroatoms. The summed E-state index contributed by atoms with van der Waals surface area (Å²) in [5.41, 5.74) is 1.61. The molecule has 1 saturated heterocycles. The third kappa shape index (κ3) is 4.98. The molecule has 2 aromatic carbocycles. The maximum Gasteiger partial charge on any atom is 0.325 e. The number of hydrogen-bond acceptors (Lipinski definition) is 7. The van der Waals surface area contributed by atoms with Crippen LogP contribution >= 0.6 is 0 Å². The smallest absolute Gasteiger partial charge is 0.325 e. The van der Waals surface area contributed by atoms with Crippen molar-refractivity contribution < 1.29 is 28.5 Å². The molecule has 2 aromatic rings. The summed E-state index contributed by atoms with van der Waals surface area (Å²) in [5, 5.41) is 5.09. The van der Waals surface area contributed by atoms with E-state index in [1.165, 1.54) is 0 Å². The van der Waals surface area contributed by atoms with Crippen LogP contribution in [-0.4, -0.2) is 56.4 Å². The lowest BCUT2D eigenvalue weighted by Gasteiger charge is -2.24. The molecule has 1 fully saturated rings. The highest BCUT2D eigenvalue weighted by Gasteiger charge is 2.29. The monoisotopic (exact) mass is 453 g/mol. The van der Waals surface area contributed by atoms with Crippen LogP contribution < -0.4 is 29.6 Å². The molecule has 2 N–H and O–H groups in total. The van der Waals surface area contributed by atoms with E-state index in [0.717, 1.165) is 42.9 Å². The van der Waals surface area contributed by atoms with Crippen LogP contribution in [0.15, 0.2) is 36.4 Å². The Morgan fingerprint density at radius 2 is 1.55 bits per heavy atom. The molecular formula is C24H27N3O6. The second-order valence-corrected chi connectivity index (χ2v) is 8.25. The van der Waals surface area contributed by atoms with E-state index in [1.54, 1.807) is 18.2 Å². The first-order valence-corrected chi connectivity index (χ1v) is 11.3. The van der Waals surface area contributed by atoms with Crippen LogP contribution in [0.2, 0.25) is 0 Å². The Morgan fingerprint density at radius 1 is 0.848 bits per heavy atom. The number of rotatable bonds is 4. The van der Waals surface area contributed by atoms with E-state index in [1.807, 2.05) is 18.2 Å². The lowest BCUT2D eigenvalue weighted by Crippen LogP contribution is -2.41. The number of imide groups is 1. The molecule has 0 spiro atoms. The first kappa shape index (κ1) is 21.4. The van der Waals surface area contributed by atoms with Gasteiger partial charge in [0.25, 0.3) is 0 Å². The predicted octanol–water partition coefficient (Wildman–Crippen LogP) is 3.10. The molecule has 33 heavy (non-hydrogen) atoms. The quantitative estimate of drug-likeness (QED) is 0.734. The summed E-state index contributed by atoms with van der Waals surface area (Å²) >= 11 is 0. The highest BCUT2D eigenvalue weighted by molar-refractivity contribution is 6.01. The average molecular weight is 453 g/mol. The summed E-state index contributed by atoms with van der Waals surface area (Å²) in [6, 6.07) is 10.6. The van der Waals surface area contributed by atoms with E-state index in [2.05, 4.69) is 15.5 Å². The Kier molecular flexibility index (Phi) is 6.21. The topological polar surface area (TPSA) is 98.4 Å². The maximum absolute atomic E-state index is 12.6. The fourth-order valence-corrected chi connectivity index (χ4v) is 4.41. The van der Waals surface area contributed by atoms with Gasteiger partial charge in [0.15, 0.2) is 23.0 Å². The summed E-state index contributed by atoms with van der Waals surface area (Å²) in [5.74, 6) is 2.36. The highest BCUT2D eigenvalue weighted by Crippen LogP contribution is 2.37.